The number of benzene rings is 1. The molecule has 2 rings (SSSR count). The summed E-state index contributed by atoms with van der Waals surface area (Å²) in [6.45, 7) is 1.94. The van der Waals surface area contributed by atoms with Gasteiger partial charge in [0.05, 0.1) is 6.61 Å². The highest BCUT2D eigenvalue weighted by Crippen LogP contribution is 2.21. The number of halogens is 1. The van der Waals surface area contributed by atoms with Gasteiger partial charge in [0.15, 0.2) is 0 Å². The summed E-state index contributed by atoms with van der Waals surface area (Å²) in [5.74, 6) is -0.534. The fourth-order valence-corrected chi connectivity index (χ4v) is 1.99. The second-order valence-corrected chi connectivity index (χ2v) is 4.44. The number of esters is 1. The van der Waals surface area contributed by atoms with Crippen molar-refractivity contribution in [2.45, 2.75) is 17.9 Å². The van der Waals surface area contributed by atoms with E-state index in [0.717, 1.165) is 5.56 Å². The Kier molecular flexibility index (Phi) is 4.51. The number of aromatic nitrogens is 2. The lowest BCUT2D eigenvalue weighted by atomic mass is 10.2. The van der Waals surface area contributed by atoms with Crippen LogP contribution in [0.25, 0.3) is 0 Å². The van der Waals surface area contributed by atoms with Crippen LogP contribution in [0.2, 0.25) is 0 Å². The second-order valence-electron chi connectivity index (χ2n) is 3.51. The van der Waals surface area contributed by atoms with Crippen LogP contribution in [0.15, 0.2) is 33.9 Å². The molecule has 19 heavy (non-hydrogen) atoms. The quantitative estimate of drug-likeness (QED) is 0.620. The van der Waals surface area contributed by atoms with E-state index in [1.54, 1.807) is 19.1 Å². The van der Waals surface area contributed by atoms with Crippen LogP contribution in [0.1, 0.15) is 23.2 Å². The summed E-state index contributed by atoms with van der Waals surface area (Å²) < 4.78 is 22.6. The number of hydrogen-bond acceptors (Lipinski definition) is 6. The molecule has 0 radical (unpaired) electrons. The Morgan fingerprint density at radius 3 is 2.79 bits per heavy atom. The van der Waals surface area contributed by atoms with Crippen molar-refractivity contribution in [1.82, 2.24) is 10.2 Å². The first-order valence-corrected chi connectivity index (χ1v) is 6.55. The molecule has 100 valence electrons. The van der Waals surface area contributed by atoms with E-state index in [4.69, 9.17) is 9.15 Å². The Morgan fingerprint density at radius 2 is 2.11 bits per heavy atom. The number of rotatable bonds is 5. The molecule has 0 aliphatic heterocycles. The van der Waals surface area contributed by atoms with E-state index in [1.807, 2.05) is 0 Å². The predicted octanol–water partition coefficient (Wildman–Crippen LogP) is 2.68. The van der Waals surface area contributed by atoms with Gasteiger partial charge in [-0.15, -0.1) is 5.10 Å². The highest BCUT2D eigenvalue weighted by atomic mass is 32.2. The van der Waals surface area contributed by atoms with Crippen molar-refractivity contribution in [3.8, 4) is 0 Å². The van der Waals surface area contributed by atoms with E-state index in [2.05, 4.69) is 10.2 Å². The smallest absolute Gasteiger partial charge is 0.396 e. The highest BCUT2D eigenvalue weighted by Gasteiger charge is 2.15. The minimum absolute atomic E-state index is 0.163. The van der Waals surface area contributed by atoms with Gasteiger partial charge in [-0.3, -0.25) is 0 Å². The Bertz CT molecular complexity index is 556. The molecule has 0 bridgehead atoms. The summed E-state index contributed by atoms with van der Waals surface area (Å²) in [5.41, 5.74) is 0.919. The first kappa shape index (κ1) is 13.5. The summed E-state index contributed by atoms with van der Waals surface area (Å²) >= 11 is 1.27. The van der Waals surface area contributed by atoms with Gasteiger partial charge in [0.2, 0.25) is 0 Å². The minimum atomic E-state index is -0.636. The van der Waals surface area contributed by atoms with Gasteiger partial charge in [-0.2, -0.15) is 0 Å². The van der Waals surface area contributed by atoms with Gasteiger partial charge in [0.1, 0.15) is 5.82 Å². The monoisotopic (exact) mass is 282 g/mol. The number of thioether (sulfide) groups is 1. The maximum Gasteiger partial charge on any atom is 0.396 e. The van der Waals surface area contributed by atoms with E-state index >= 15 is 0 Å². The third kappa shape index (κ3) is 3.78. The van der Waals surface area contributed by atoms with Gasteiger partial charge in [-0.05, 0) is 24.6 Å². The fourth-order valence-electron chi connectivity index (χ4n) is 1.27. The number of carbonyl (C=O) groups is 1. The molecule has 1 aromatic carbocycles. The van der Waals surface area contributed by atoms with Crippen LogP contribution in [-0.2, 0) is 10.5 Å². The van der Waals surface area contributed by atoms with Crippen molar-refractivity contribution >= 4 is 17.7 Å². The van der Waals surface area contributed by atoms with Gasteiger partial charge in [0, 0.05) is 5.75 Å². The minimum Gasteiger partial charge on any atom is -0.459 e. The van der Waals surface area contributed by atoms with Crippen LogP contribution in [-0.4, -0.2) is 22.8 Å². The molecule has 0 aliphatic rings. The van der Waals surface area contributed by atoms with Crippen molar-refractivity contribution in [2.75, 3.05) is 6.61 Å². The zero-order chi connectivity index (χ0) is 13.7. The molecule has 0 saturated carbocycles. The molecule has 7 heteroatoms. The lowest BCUT2D eigenvalue weighted by Gasteiger charge is -1.97. The summed E-state index contributed by atoms with van der Waals surface area (Å²) in [5, 5.41) is 7.58. The Balaban J connectivity index is 1.93. The molecule has 0 saturated heterocycles. The van der Waals surface area contributed by atoms with Gasteiger partial charge in [0.25, 0.3) is 5.22 Å². The number of hydrogen-bond donors (Lipinski definition) is 0. The molecule has 0 fully saturated rings. The maximum atomic E-state index is 12.7. The molecular weight excluding hydrogens is 271 g/mol. The third-order valence-electron chi connectivity index (χ3n) is 2.13. The van der Waals surface area contributed by atoms with E-state index in [1.165, 1.54) is 23.9 Å². The zero-order valence-electron chi connectivity index (χ0n) is 10.1. The molecule has 5 nitrogen and oxygen atoms in total. The molecule has 1 heterocycles. The van der Waals surface area contributed by atoms with Crippen molar-refractivity contribution in [2.24, 2.45) is 0 Å². The molecule has 0 N–H and O–H groups in total. The van der Waals surface area contributed by atoms with E-state index in [-0.39, 0.29) is 23.5 Å². The van der Waals surface area contributed by atoms with Gasteiger partial charge in [-0.1, -0.05) is 29.0 Å². The topological polar surface area (TPSA) is 65.2 Å². The average molecular weight is 282 g/mol. The van der Waals surface area contributed by atoms with Crippen molar-refractivity contribution in [3.63, 3.8) is 0 Å². The summed E-state index contributed by atoms with van der Waals surface area (Å²) in [6.07, 6.45) is 0. The lowest BCUT2D eigenvalue weighted by Crippen LogP contribution is -2.04. The lowest BCUT2D eigenvalue weighted by molar-refractivity contribution is 0.0475. The molecule has 0 amide bonds. The van der Waals surface area contributed by atoms with Crippen LogP contribution in [0.5, 0.6) is 0 Å². The van der Waals surface area contributed by atoms with Crippen molar-refractivity contribution in [1.29, 1.82) is 0 Å². The molecule has 2 aromatic rings. The Hall–Kier alpha value is -1.89. The first-order chi connectivity index (χ1) is 9.19. The van der Waals surface area contributed by atoms with Crippen molar-refractivity contribution < 1.29 is 18.3 Å². The van der Waals surface area contributed by atoms with Crippen LogP contribution in [0.4, 0.5) is 4.39 Å². The molecule has 0 aliphatic carbocycles. The summed E-state index contributed by atoms with van der Waals surface area (Å²) in [6, 6.07) is 6.11. The largest absolute Gasteiger partial charge is 0.459 e. The van der Waals surface area contributed by atoms with Crippen LogP contribution < -0.4 is 0 Å². The molecular formula is C12H11FN2O3S. The normalized spacial score (nSPS) is 10.4. The standard InChI is InChI=1S/C12H11FN2O3S/c1-2-17-11(16)10-14-15-12(18-10)19-7-8-3-5-9(13)6-4-8/h3-6H,2,7H2,1H3. The number of ether oxygens (including phenoxy) is 1. The highest BCUT2D eigenvalue weighted by molar-refractivity contribution is 7.98. The number of nitrogens with zero attached hydrogens (tertiary/aromatic N) is 2. The Morgan fingerprint density at radius 1 is 1.37 bits per heavy atom. The Labute approximate surface area is 113 Å². The summed E-state index contributed by atoms with van der Waals surface area (Å²) in [4.78, 5) is 11.3. The maximum absolute atomic E-state index is 12.7. The first-order valence-electron chi connectivity index (χ1n) is 5.57. The summed E-state index contributed by atoms with van der Waals surface area (Å²) in [7, 11) is 0. The second kappa shape index (κ2) is 6.33. The molecule has 0 spiro atoms. The van der Waals surface area contributed by atoms with E-state index < -0.39 is 5.97 Å². The molecule has 1 aromatic heterocycles. The third-order valence-corrected chi connectivity index (χ3v) is 3.02. The molecule has 0 unspecified atom stereocenters. The SMILES string of the molecule is CCOC(=O)c1nnc(SCc2ccc(F)cc2)o1. The molecule has 0 atom stereocenters. The van der Waals surface area contributed by atoms with Gasteiger partial charge >= 0.3 is 11.9 Å². The van der Waals surface area contributed by atoms with E-state index in [0.29, 0.717) is 5.75 Å². The zero-order valence-corrected chi connectivity index (χ0v) is 10.9. The van der Waals surface area contributed by atoms with E-state index in [9.17, 15) is 9.18 Å². The van der Waals surface area contributed by atoms with Gasteiger partial charge < -0.3 is 9.15 Å². The van der Waals surface area contributed by atoms with Crippen LogP contribution >= 0.6 is 11.8 Å². The number of carbonyl (C=O) groups excluding carboxylic acids is 1. The van der Waals surface area contributed by atoms with Crippen LogP contribution in [0.3, 0.4) is 0 Å². The van der Waals surface area contributed by atoms with Crippen molar-refractivity contribution in [3.05, 3.63) is 41.5 Å². The van der Waals surface area contributed by atoms with Crippen LogP contribution in [0, 0.1) is 5.82 Å². The fraction of sp³-hybridized carbons (Fsp3) is 0.250. The van der Waals surface area contributed by atoms with Gasteiger partial charge in [-0.25, -0.2) is 9.18 Å². The predicted molar refractivity (Wildman–Crippen MR) is 66.2 cm³/mol. The average Bonchev–Trinajstić information content (AvgIpc) is 2.87.